The summed E-state index contributed by atoms with van der Waals surface area (Å²) >= 11 is 0. The second-order valence-electron chi connectivity index (χ2n) is 7.34. The number of nitrogens with one attached hydrogen (secondary N) is 1. The van der Waals surface area contributed by atoms with Crippen LogP contribution in [0.5, 0.6) is 0 Å². The van der Waals surface area contributed by atoms with Crippen molar-refractivity contribution < 1.29 is 9.53 Å². The van der Waals surface area contributed by atoms with Gasteiger partial charge in [0, 0.05) is 31.4 Å². The molecule has 1 amide bonds. The Morgan fingerprint density at radius 2 is 1.84 bits per heavy atom. The van der Waals surface area contributed by atoms with Gasteiger partial charge in [0.25, 0.3) is 0 Å². The van der Waals surface area contributed by atoms with Crippen LogP contribution < -0.4 is 5.32 Å². The number of morpholine rings is 1. The molecule has 1 N–H and O–H groups in total. The molecule has 5 heteroatoms. The molecular formula is C20H31N3O2. The summed E-state index contributed by atoms with van der Waals surface area (Å²) in [5.74, 6) is 0.0778. The van der Waals surface area contributed by atoms with E-state index in [1.54, 1.807) is 0 Å². The lowest BCUT2D eigenvalue weighted by molar-refractivity contribution is -0.117. The van der Waals surface area contributed by atoms with Crippen LogP contribution in [0, 0.1) is 0 Å². The van der Waals surface area contributed by atoms with Crippen molar-refractivity contribution in [3.05, 3.63) is 29.8 Å². The zero-order valence-corrected chi connectivity index (χ0v) is 15.4. The molecule has 1 aromatic carbocycles. The third-order valence-corrected chi connectivity index (χ3v) is 5.34. The van der Waals surface area contributed by atoms with Gasteiger partial charge >= 0.3 is 0 Å². The van der Waals surface area contributed by atoms with E-state index in [9.17, 15) is 4.79 Å². The van der Waals surface area contributed by atoms with E-state index in [4.69, 9.17) is 4.74 Å². The Bertz CT molecular complexity index is 534. The van der Waals surface area contributed by atoms with Gasteiger partial charge in [-0.05, 0) is 37.6 Å². The molecule has 25 heavy (non-hydrogen) atoms. The van der Waals surface area contributed by atoms with E-state index >= 15 is 0 Å². The van der Waals surface area contributed by atoms with Gasteiger partial charge in [-0.15, -0.1) is 0 Å². The fraction of sp³-hybridized carbons (Fsp3) is 0.650. The minimum absolute atomic E-state index is 0.0778. The van der Waals surface area contributed by atoms with E-state index in [2.05, 4.69) is 34.3 Å². The Labute approximate surface area is 151 Å². The number of ether oxygens (including phenoxy) is 1. The summed E-state index contributed by atoms with van der Waals surface area (Å²) in [5.41, 5.74) is 2.16. The van der Waals surface area contributed by atoms with Crippen molar-refractivity contribution in [1.29, 1.82) is 0 Å². The topological polar surface area (TPSA) is 44.8 Å². The van der Waals surface area contributed by atoms with E-state index in [1.807, 2.05) is 12.1 Å². The van der Waals surface area contributed by atoms with Gasteiger partial charge in [-0.3, -0.25) is 14.6 Å². The summed E-state index contributed by atoms with van der Waals surface area (Å²) < 4.78 is 5.38. The third-order valence-electron chi connectivity index (χ3n) is 5.34. The third kappa shape index (κ3) is 5.80. The van der Waals surface area contributed by atoms with Crippen LogP contribution in [0.15, 0.2) is 24.3 Å². The van der Waals surface area contributed by atoms with Crippen LogP contribution >= 0.6 is 0 Å². The molecular weight excluding hydrogens is 314 g/mol. The van der Waals surface area contributed by atoms with Crippen molar-refractivity contribution in [2.75, 3.05) is 45.2 Å². The average Bonchev–Trinajstić information content (AvgIpc) is 2.65. The standard InChI is InChI=1S/C20H31N3O2/c1-22(19-5-3-2-4-6-19)16-20(24)21-18-9-7-17(8-10-18)15-23-11-13-25-14-12-23/h7-10,19H,2-6,11-16H2,1H3,(H,21,24). The number of carbonyl (C=O) groups is 1. The Morgan fingerprint density at radius 3 is 2.52 bits per heavy atom. The van der Waals surface area contributed by atoms with Gasteiger partial charge in [0.1, 0.15) is 0 Å². The van der Waals surface area contributed by atoms with Crippen LogP contribution in [0.1, 0.15) is 37.7 Å². The number of rotatable bonds is 6. The summed E-state index contributed by atoms with van der Waals surface area (Å²) in [5, 5.41) is 3.03. The maximum atomic E-state index is 12.3. The molecule has 0 spiro atoms. The highest BCUT2D eigenvalue weighted by molar-refractivity contribution is 5.92. The first-order valence-corrected chi connectivity index (χ1v) is 9.60. The highest BCUT2D eigenvalue weighted by Gasteiger charge is 2.19. The SMILES string of the molecule is CN(CC(=O)Nc1ccc(CN2CCOCC2)cc1)C1CCCCC1. The van der Waals surface area contributed by atoms with Crippen molar-refractivity contribution in [3.8, 4) is 0 Å². The number of benzene rings is 1. The smallest absolute Gasteiger partial charge is 0.238 e. The molecule has 0 radical (unpaired) electrons. The molecule has 1 aromatic rings. The van der Waals surface area contributed by atoms with Crippen LogP contribution in [0.3, 0.4) is 0 Å². The van der Waals surface area contributed by atoms with E-state index in [-0.39, 0.29) is 5.91 Å². The normalized spacial score (nSPS) is 19.9. The molecule has 2 fully saturated rings. The van der Waals surface area contributed by atoms with Gasteiger partial charge in [-0.2, -0.15) is 0 Å². The van der Waals surface area contributed by atoms with E-state index < -0.39 is 0 Å². The molecule has 0 bridgehead atoms. The molecule has 5 nitrogen and oxygen atoms in total. The number of hydrogen-bond donors (Lipinski definition) is 1. The number of carbonyl (C=O) groups excluding carboxylic acids is 1. The number of likely N-dealkylation sites (N-methyl/N-ethyl adjacent to an activating group) is 1. The van der Waals surface area contributed by atoms with Crippen LogP contribution in [0.25, 0.3) is 0 Å². The van der Waals surface area contributed by atoms with Gasteiger partial charge in [0.15, 0.2) is 0 Å². The van der Waals surface area contributed by atoms with Crippen molar-refractivity contribution in [2.45, 2.75) is 44.7 Å². The molecule has 2 aliphatic rings. The second kappa shape index (κ2) is 9.32. The fourth-order valence-electron chi connectivity index (χ4n) is 3.79. The van der Waals surface area contributed by atoms with Gasteiger partial charge in [-0.25, -0.2) is 0 Å². The van der Waals surface area contributed by atoms with E-state index in [0.29, 0.717) is 12.6 Å². The van der Waals surface area contributed by atoms with Gasteiger partial charge in [0.2, 0.25) is 5.91 Å². The molecule has 1 saturated carbocycles. The largest absolute Gasteiger partial charge is 0.379 e. The maximum Gasteiger partial charge on any atom is 0.238 e. The van der Waals surface area contributed by atoms with Crippen molar-refractivity contribution in [2.24, 2.45) is 0 Å². The van der Waals surface area contributed by atoms with Gasteiger partial charge in [-0.1, -0.05) is 31.4 Å². The summed E-state index contributed by atoms with van der Waals surface area (Å²) in [6.07, 6.45) is 6.37. The first-order chi connectivity index (χ1) is 12.2. The predicted octanol–water partition coefficient (Wildman–Crippen LogP) is 2.72. The minimum Gasteiger partial charge on any atom is -0.379 e. The number of amides is 1. The monoisotopic (exact) mass is 345 g/mol. The van der Waals surface area contributed by atoms with Crippen molar-refractivity contribution >= 4 is 11.6 Å². The number of hydrogen-bond acceptors (Lipinski definition) is 4. The number of anilines is 1. The lowest BCUT2D eigenvalue weighted by atomic mass is 9.94. The molecule has 0 aromatic heterocycles. The molecule has 1 heterocycles. The Balaban J connectivity index is 1.44. The molecule has 1 aliphatic heterocycles. The molecule has 0 atom stereocenters. The van der Waals surface area contributed by atoms with Crippen LogP contribution in [-0.4, -0.2) is 61.6 Å². The average molecular weight is 345 g/mol. The van der Waals surface area contributed by atoms with Crippen molar-refractivity contribution in [1.82, 2.24) is 9.80 Å². The fourth-order valence-corrected chi connectivity index (χ4v) is 3.79. The van der Waals surface area contributed by atoms with Gasteiger partial charge < -0.3 is 10.1 Å². The lowest BCUT2D eigenvalue weighted by Gasteiger charge is -2.30. The van der Waals surface area contributed by atoms with E-state index in [1.165, 1.54) is 37.7 Å². The lowest BCUT2D eigenvalue weighted by Crippen LogP contribution is -2.39. The zero-order valence-electron chi connectivity index (χ0n) is 15.4. The highest BCUT2D eigenvalue weighted by Crippen LogP contribution is 2.21. The molecule has 1 aliphatic carbocycles. The molecule has 1 saturated heterocycles. The Kier molecular flexibility index (Phi) is 6.84. The summed E-state index contributed by atoms with van der Waals surface area (Å²) in [7, 11) is 2.07. The second-order valence-corrected chi connectivity index (χ2v) is 7.34. The van der Waals surface area contributed by atoms with Crippen LogP contribution in [0.4, 0.5) is 5.69 Å². The molecule has 3 rings (SSSR count). The highest BCUT2D eigenvalue weighted by atomic mass is 16.5. The number of nitrogens with zero attached hydrogens (tertiary/aromatic N) is 2. The molecule has 138 valence electrons. The quantitative estimate of drug-likeness (QED) is 0.861. The van der Waals surface area contributed by atoms with Gasteiger partial charge in [0.05, 0.1) is 19.8 Å². The first kappa shape index (κ1) is 18.4. The van der Waals surface area contributed by atoms with Crippen LogP contribution in [-0.2, 0) is 16.1 Å². The first-order valence-electron chi connectivity index (χ1n) is 9.60. The Hall–Kier alpha value is -1.43. The predicted molar refractivity (Wildman–Crippen MR) is 101 cm³/mol. The maximum absolute atomic E-state index is 12.3. The minimum atomic E-state index is 0.0778. The van der Waals surface area contributed by atoms with Crippen LogP contribution in [0.2, 0.25) is 0 Å². The van der Waals surface area contributed by atoms with E-state index in [0.717, 1.165) is 38.5 Å². The summed E-state index contributed by atoms with van der Waals surface area (Å²) in [4.78, 5) is 16.9. The zero-order chi connectivity index (χ0) is 17.5. The Morgan fingerprint density at radius 1 is 1.16 bits per heavy atom. The van der Waals surface area contributed by atoms with Crippen molar-refractivity contribution in [3.63, 3.8) is 0 Å². The summed E-state index contributed by atoms with van der Waals surface area (Å²) in [6.45, 7) is 5.05. The summed E-state index contributed by atoms with van der Waals surface area (Å²) in [6, 6.07) is 8.80. The molecule has 0 unspecified atom stereocenters.